The van der Waals surface area contributed by atoms with Crippen LogP contribution in [0.1, 0.15) is 40.2 Å². The van der Waals surface area contributed by atoms with E-state index in [0.717, 1.165) is 41.9 Å². The summed E-state index contributed by atoms with van der Waals surface area (Å²) in [5.74, 6) is 0.115. The monoisotopic (exact) mass is 390 g/mol. The van der Waals surface area contributed by atoms with Crippen molar-refractivity contribution in [2.75, 3.05) is 19.7 Å². The van der Waals surface area contributed by atoms with Crippen molar-refractivity contribution < 1.29 is 9.53 Å². The number of carbonyl (C=O) groups excluding carboxylic acids is 1. The summed E-state index contributed by atoms with van der Waals surface area (Å²) in [5, 5.41) is 4.93. The topological polar surface area (TPSA) is 52.3 Å². The normalized spacial score (nSPS) is 18.1. The molecule has 0 unspecified atom stereocenters. The van der Waals surface area contributed by atoms with E-state index in [4.69, 9.17) is 9.84 Å². The van der Waals surface area contributed by atoms with E-state index in [0.29, 0.717) is 19.7 Å². The molecular formula is C23H26N4O2. The maximum Gasteiger partial charge on any atom is 0.255 e. The Morgan fingerprint density at radius 1 is 1.14 bits per heavy atom. The number of benzene rings is 1. The number of piperidine rings is 1. The van der Waals surface area contributed by atoms with Crippen LogP contribution in [0.5, 0.6) is 0 Å². The molecule has 1 saturated heterocycles. The molecule has 150 valence electrons. The lowest BCUT2D eigenvalue weighted by Crippen LogP contribution is -2.48. The molecule has 6 nitrogen and oxygen atoms in total. The smallest absolute Gasteiger partial charge is 0.255 e. The van der Waals surface area contributed by atoms with E-state index in [2.05, 4.69) is 18.3 Å². The molecule has 3 aromatic rings. The summed E-state index contributed by atoms with van der Waals surface area (Å²) in [6.45, 7) is 4.07. The first-order valence-corrected chi connectivity index (χ1v) is 10.3. The molecule has 2 aliphatic rings. The predicted octanol–water partition coefficient (Wildman–Crippen LogP) is 3.22. The van der Waals surface area contributed by atoms with Gasteiger partial charge in [0.25, 0.3) is 5.91 Å². The number of hydrogen-bond acceptors (Lipinski definition) is 3. The van der Waals surface area contributed by atoms with E-state index in [1.54, 1.807) is 0 Å². The van der Waals surface area contributed by atoms with Crippen molar-refractivity contribution >= 4 is 5.91 Å². The maximum absolute atomic E-state index is 13.0. The first kappa shape index (κ1) is 18.2. The maximum atomic E-state index is 13.0. The predicted molar refractivity (Wildman–Crippen MR) is 110 cm³/mol. The Hall–Kier alpha value is -2.86. The fourth-order valence-electron chi connectivity index (χ4n) is 4.57. The van der Waals surface area contributed by atoms with Gasteiger partial charge in [0.05, 0.1) is 23.6 Å². The number of para-hydroxylation sites is 1. The van der Waals surface area contributed by atoms with E-state index in [9.17, 15) is 4.79 Å². The molecule has 1 fully saturated rings. The van der Waals surface area contributed by atoms with Gasteiger partial charge in [-0.15, -0.1) is 0 Å². The van der Waals surface area contributed by atoms with E-state index < -0.39 is 0 Å². The molecule has 1 spiro atoms. The number of nitrogens with zero attached hydrogens (tertiary/aromatic N) is 4. The SMILES string of the molecule is Cc1c(C(=O)N2CCC3(CC2)OCCc2cn(-c4ccccc4)nc23)ccn1C. The lowest BCUT2D eigenvalue weighted by molar-refractivity contribution is -0.0963. The minimum Gasteiger partial charge on any atom is -0.368 e. The number of amides is 1. The molecule has 1 aromatic carbocycles. The number of aryl methyl sites for hydroxylation is 1. The summed E-state index contributed by atoms with van der Waals surface area (Å²) < 4.78 is 10.3. The van der Waals surface area contributed by atoms with E-state index in [1.165, 1.54) is 5.56 Å². The van der Waals surface area contributed by atoms with Crippen LogP contribution in [0.25, 0.3) is 5.69 Å². The van der Waals surface area contributed by atoms with Crippen LogP contribution in [0.3, 0.4) is 0 Å². The van der Waals surface area contributed by atoms with Crippen LogP contribution >= 0.6 is 0 Å². The molecule has 29 heavy (non-hydrogen) atoms. The molecule has 1 amide bonds. The zero-order valence-electron chi connectivity index (χ0n) is 17.0. The highest BCUT2D eigenvalue weighted by Gasteiger charge is 2.44. The second-order valence-electron chi connectivity index (χ2n) is 8.09. The van der Waals surface area contributed by atoms with Gasteiger partial charge in [-0.3, -0.25) is 4.79 Å². The van der Waals surface area contributed by atoms with Crippen molar-refractivity contribution in [3.05, 3.63) is 71.3 Å². The highest BCUT2D eigenvalue weighted by Crippen LogP contribution is 2.41. The van der Waals surface area contributed by atoms with Crippen LogP contribution < -0.4 is 0 Å². The average Bonchev–Trinajstić information content (AvgIpc) is 3.34. The number of ether oxygens (including phenoxy) is 1. The third kappa shape index (κ3) is 2.99. The molecule has 0 N–H and O–H groups in total. The zero-order chi connectivity index (χ0) is 20.0. The zero-order valence-corrected chi connectivity index (χ0v) is 17.0. The largest absolute Gasteiger partial charge is 0.368 e. The Bertz CT molecular complexity index is 1040. The van der Waals surface area contributed by atoms with Gasteiger partial charge in [-0.2, -0.15) is 5.10 Å². The average molecular weight is 390 g/mol. The van der Waals surface area contributed by atoms with E-state index >= 15 is 0 Å². The number of carbonyl (C=O) groups is 1. The minimum atomic E-state index is -0.379. The lowest BCUT2D eigenvalue weighted by atomic mass is 9.83. The lowest BCUT2D eigenvalue weighted by Gasteiger charge is -2.43. The standard InChI is InChI=1S/C23H26N4O2/c1-17-20(8-12-25(17)2)22(28)26-13-10-23(11-14-26)21-18(9-15-29-23)16-27(24-21)19-6-4-3-5-7-19/h3-8,12,16H,9-11,13-15H2,1-2H3. The van der Waals surface area contributed by atoms with Crippen molar-refractivity contribution in [2.24, 2.45) is 7.05 Å². The van der Waals surface area contributed by atoms with Gasteiger partial charge in [0.15, 0.2) is 0 Å². The van der Waals surface area contributed by atoms with Gasteiger partial charge in [-0.05, 0) is 49.9 Å². The highest BCUT2D eigenvalue weighted by molar-refractivity contribution is 5.95. The van der Waals surface area contributed by atoms with Crippen molar-refractivity contribution in [3.63, 3.8) is 0 Å². The summed E-state index contributed by atoms with van der Waals surface area (Å²) in [6, 6.07) is 12.1. The fraction of sp³-hybridized carbons (Fsp3) is 0.391. The number of rotatable bonds is 2. The van der Waals surface area contributed by atoms with Gasteiger partial charge in [-0.1, -0.05) is 18.2 Å². The van der Waals surface area contributed by atoms with Gasteiger partial charge in [0.1, 0.15) is 5.60 Å². The Balaban J connectivity index is 1.38. The Morgan fingerprint density at radius 2 is 1.90 bits per heavy atom. The highest BCUT2D eigenvalue weighted by atomic mass is 16.5. The number of likely N-dealkylation sites (tertiary alicyclic amines) is 1. The number of hydrogen-bond donors (Lipinski definition) is 0. The van der Waals surface area contributed by atoms with Crippen molar-refractivity contribution in [2.45, 2.75) is 31.8 Å². The Labute approximate surface area is 170 Å². The van der Waals surface area contributed by atoms with Gasteiger partial charge >= 0.3 is 0 Å². The van der Waals surface area contributed by atoms with Crippen LogP contribution in [-0.2, 0) is 23.8 Å². The van der Waals surface area contributed by atoms with Gasteiger partial charge in [0.2, 0.25) is 0 Å². The third-order valence-electron chi connectivity index (χ3n) is 6.46. The van der Waals surface area contributed by atoms with E-state index in [1.807, 2.05) is 58.6 Å². The summed E-state index contributed by atoms with van der Waals surface area (Å²) in [6.07, 6.45) is 6.53. The van der Waals surface area contributed by atoms with Gasteiger partial charge in [-0.25, -0.2) is 4.68 Å². The fourth-order valence-corrected chi connectivity index (χ4v) is 4.57. The molecule has 2 aromatic heterocycles. The molecular weight excluding hydrogens is 364 g/mol. The molecule has 5 rings (SSSR count). The molecule has 0 bridgehead atoms. The first-order chi connectivity index (χ1) is 14.1. The minimum absolute atomic E-state index is 0.115. The second-order valence-corrected chi connectivity index (χ2v) is 8.09. The van der Waals surface area contributed by atoms with Crippen LogP contribution in [0.4, 0.5) is 0 Å². The van der Waals surface area contributed by atoms with Crippen LogP contribution in [0.2, 0.25) is 0 Å². The van der Waals surface area contributed by atoms with Crippen molar-refractivity contribution in [1.29, 1.82) is 0 Å². The summed E-state index contributed by atoms with van der Waals surface area (Å²) in [7, 11) is 1.97. The van der Waals surface area contributed by atoms with Crippen LogP contribution in [0, 0.1) is 6.92 Å². The molecule has 2 aliphatic heterocycles. The Kier molecular flexibility index (Phi) is 4.32. The third-order valence-corrected chi connectivity index (χ3v) is 6.46. The number of aromatic nitrogens is 3. The van der Waals surface area contributed by atoms with Crippen molar-refractivity contribution in [1.82, 2.24) is 19.2 Å². The molecule has 0 atom stereocenters. The molecule has 0 saturated carbocycles. The molecule has 6 heteroatoms. The van der Waals surface area contributed by atoms with Crippen LogP contribution in [0.15, 0.2) is 48.8 Å². The van der Waals surface area contributed by atoms with Gasteiger partial charge < -0.3 is 14.2 Å². The molecule has 4 heterocycles. The Morgan fingerprint density at radius 3 is 2.59 bits per heavy atom. The number of fused-ring (bicyclic) bond motifs is 2. The summed E-state index contributed by atoms with van der Waals surface area (Å²) >= 11 is 0. The quantitative estimate of drug-likeness (QED) is 0.675. The van der Waals surface area contributed by atoms with Crippen LogP contribution in [-0.4, -0.2) is 44.9 Å². The van der Waals surface area contributed by atoms with E-state index in [-0.39, 0.29) is 11.5 Å². The molecule has 0 radical (unpaired) electrons. The second kappa shape index (κ2) is 6.88. The van der Waals surface area contributed by atoms with Crippen molar-refractivity contribution in [3.8, 4) is 5.69 Å². The first-order valence-electron chi connectivity index (χ1n) is 10.3. The summed E-state index contributed by atoms with van der Waals surface area (Å²) in [5.41, 5.74) is 4.80. The molecule has 0 aliphatic carbocycles. The summed E-state index contributed by atoms with van der Waals surface area (Å²) in [4.78, 5) is 14.9. The van der Waals surface area contributed by atoms with Gasteiger partial charge in [0, 0.05) is 38.2 Å².